The van der Waals surface area contributed by atoms with Gasteiger partial charge in [0, 0.05) is 14.2 Å². The fourth-order valence-corrected chi connectivity index (χ4v) is 4.54. The van der Waals surface area contributed by atoms with Crippen molar-refractivity contribution in [3.63, 3.8) is 0 Å². The predicted octanol–water partition coefficient (Wildman–Crippen LogP) is 2.37. The number of aryl methyl sites for hydroxylation is 1. The molecule has 0 bridgehead atoms. The van der Waals surface area contributed by atoms with Crippen LogP contribution in [-0.2, 0) is 14.9 Å². The molecule has 150 valence electrons. The van der Waals surface area contributed by atoms with E-state index in [1.54, 1.807) is 29.8 Å². The van der Waals surface area contributed by atoms with Gasteiger partial charge in [-0.3, -0.25) is 4.79 Å². The molecule has 3 aromatic heterocycles. The SMILES string of the molecule is COC1CCC2(CC1)C(=O)N(C)c1cnc(Nc3cn4ncnc4cc3C)nc12. The number of aromatic nitrogens is 5. The monoisotopic (exact) mass is 393 g/mol. The second-order valence-corrected chi connectivity index (χ2v) is 7.87. The van der Waals surface area contributed by atoms with E-state index < -0.39 is 5.41 Å². The first kappa shape index (κ1) is 18.0. The van der Waals surface area contributed by atoms with Gasteiger partial charge >= 0.3 is 0 Å². The maximum atomic E-state index is 13.2. The maximum Gasteiger partial charge on any atom is 0.239 e. The summed E-state index contributed by atoms with van der Waals surface area (Å²) in [5, 5.41) is 7.47. The molecule has 1 saturated carbocycles. The summed E-state index contributed by atoms with van der Waals surface area (Å²) in [6.07, 6.45) is 8.51. The molecule has 0 aromatic carbocycles. The molecule has 2 aliphatic rings. The van der Waals surface area contributed by atoms with Crippen LogP contribution in [0.5, 0.6) is 0 Å². The fourth-order valence-electron chi connectivity index (χ4n) is 4.54. The third kappa shape index (κ3) is 2.68. The van der Waals surface area contributed by atoms with Crippen LogP contribution in [0, 0.1) is 6.92 Å². The molecule has 3 aromatic rings. The second kappa shape index (κ2) is 6.48. The number of nitrogens with one attached hydrogen (secondary N) is 1. The summed E-state index contributed by atoms with van der Waals surface area (Å²) in [6.45, 7) is 2.00. The van der Waals surface area contributed by atoms with E-state index in [0.717, 1.165) is 54.0 Å². The molecule has 1 N–H and O–H groups in total. The first-order valence-electron chi connectivity index (χ1n) is 9.77. The van der Waals surface area contributed by atoms with Gasteiger partial charge in [0.05, 0.1) is 41.0 Å². The number of amides is 1. The Labute approximate surface area is 168 Å². The van der Waals surface area contributed by atoms with Crippen LogP contribution < -0.4 is 10.2 Å². The average Bonchev–Trinajstić information content (AvgIpc) is 3.26. The van der Waals surface area contributed by atoms with Crippen LogP contribution in [0.3, 0.4) is 0 Å². The van der Waals surface area contributed by atoms with E-state index in [2.05, 4.69) is 20.4 Å². The fraction of sp³-hybridized carbons (Fsp3) is 0.450. The first-order valence-corrected chi connectivity index (χ1v) is 9.77. The summed E-state index contributed by atoms with van der Waals surface area (Å²) in [5.74, 6) is 0.580. The van der Waals surface area contributed by atoms with Crippen LogP contribution in [0.4, 0.5) is 17.3 Å². The lowest BCUT2D eigenvalue weighted by atomic mass is 9.71. The van der Waals surface area contributed by atoms with Crippen LogP contribution in [-0.4, -0.2) is 50.7 Å². The van der Waals surface area contributed by atoms with Crippen molar-refractivity contribution in [2.75, 3.05) is 24.4 Å². The molecule has 0 radical (unpaired) electrons. The minimum absolute atomic E-state index is 0.105. The molecule has 9 heteroatoms. The van der Waals surface area contributed by atoms with Crippen molar-refractivity contribution >= 4 is 28.9 Å². The van der Waals surface area contributed by atoms with Gasteiger partial charge in [-0.25, -0.2) is 19.5 Å². The van der Waals surface area contributed by atoms with E-state index in [1.165, 1.54) is 6.33 Å². The number of pyridine rings is 1. The molecule has 0 unspecified atom stereocenters. The van der Waals surface area contributed by atoms with Crippen molar-refractivity contribution < 1.29 is 9.53 Å². The summed E-state index contributed by atoms with van der Waals surface area (Å²) in [7, 11) is 3.54. The Morgan fingerprint density at radius 1 is 1.28 bits per heavy atom. The van der Waals surface area contributed by atoms with E-state index in [0.29, 0.717) is 5.95 Å². The highest BCUT2D eigenvalue weighted by Crippen LogP contribution is 2.49. The van der Waals surface area contributed by atoms with Crippen molar-refractivity contribution in [3.05, 3.63) is 36.0 Å². The summed E-state index contributed by atoms with van der Waals surface area (Å²) in [5.41, 5.74) is 3.67. The number of carbonyl (C=O) groups excluding carboxylic acids is 1. The molecule has 1 spiro atoms. The number of hydrogen-bond acceptors (Lipinski definition) is 7. The number of carbonyl (C=O) groups is 1. The molecular weight excluding hydrogens is 370 g/mol. The number of fused-ring (bicyclic) bond motifs is 3. The number of rotatable bonds is 3. The van der Waals surface area contributed by atoms with Crippen molar-refractivity contribution in [3.8, 4) is 0 Å². The third-order valence-corrected chi connectivity index (χ3v) is 6.29. The van der Waals surface area contributed by atoms with Crippen LogP contribution in [0.1, 0.15) is 36.9 Å². The number of nitrogens with zero attached hydrogens (tertiary/aromatic N) is 6. The number of anilines is 3. The molecule has 1 aliphatic carbocycles. The Hall–Kier alpha value is -3.07. The van der Waals surface area contributed by atoms with Gasteiger partial charge in [0.15, 0.2) is 5.65 Å². The molecule has 1 fully saturated rings. The molecule has 29 heavy (non-hydrogen) atoms. The standard InChI is InChI=1S/C20H23N7O2/c1-12-8-16-22-11-23-27(16)10-14(12)24-19-21-9-15-17(25-19)20(18(28)26(15)2)6-4-13(29-3)5-7-20/h8-11,13H,4-7H2,1-3H3,(H,21,24,25). The lowest BCUT2D eigenvalue weighted by molar-refractivity contribution is -0.125. The summed E-state index contributed by atoms with van der Waals surface area (Å²) < 4.78 is 7.21. The van der Waals surface area contributed by atoms with Gasteiger partial charge in [-0.1, -0.05) is 0 Å². The van der Waals surface area contributed by atoms with E-state index in [-0.39, 0.29) is 12.0 Å². The van der Waals surface area contributed by atoms with Gasteiger partial charge in [-0.05, 0) is 44.2 Å². The molecule has 1 aliphatic heterocycles. The maximum absolute atomic E-state index is 13.2. The molecule has 9 nitrogen and oxygen atoms in total. The zero-order valence-corrected chi connectivity index (χ0v) is 16.7. The summed E-state index contributed by atoms with van der Waals surface area (Å²) >= 11 is 0. The van der Waals surface area contributed by atoms with E-state index in [1.807, 2.05) is 19.2 Å². The molecule has 0 saturated heterocycles. The first-order chi connectivity index (χ1) is 14.0. The molecular formula is C20H23N7O2. The van der Waals surface area contributed by atoms with E-state index in [9.17, 15) is 4.79 Å². The predicted molar refractivity (Wildman–Crippen MR) is 107 cm³/mol. The smallest absolute Gasteiger partial charge is 0.239 e. The Bertz CT molecular complexity index is 1100. The van der Waals surface area contributed by atoms with Crippen LogP contribution in [0.2, 0.25) is 0 Å². The minimum atomic E-state index is -0.580. The minimum Gasteiger partial charge on any atom is -0.381 e. The largest absolute Gasteiger partial charge is 0.381 e. The lowest BCUT2D eigenvalue weighted by Gasteiger charge is -2.34. The quantitative estimate of drug-likeness (QED) is 0.729. The van der Waals surface area contributed by atoms with Crippen molar-refractivity contribution in [1.82, 2.24) is 24.6 Å². The van der Waals surface area contributed by atoms with Crippen molar-refractivity contribution in [1.29, 1.82) is 0 Å². The van der Waals surface area contributed by atoms with Crippen LogP contribution in [0.25, 0.3) is 5.65 Å². The highest BCUT2D eigenvalue weighted by Gasteiger charge is 2.53. The van der Waals surface area contributed by atoms with Gasteiger partial charge < -0.3 is 15.0 Å². The number of likely N-dealkylation sites (N-methyl/N-ethyl adjacent to an activating group) is 1. The molecule has 1 amide bonds. The van der Waals surface area contributed by atoms with Gasteiger partial charge in [-0.15, -0.1) is 0 Å². The summed E-state index contributed by atoms with van der Waals surface area (Å²) in [4.78, 5) is 28.3. The average molecular weight is 393 g/mol. The summed E-state index contributed by atoms with van der Waals surface area (Å²) in [6, 6.07) is 1.95. The Morgan fingerprint density at radius 3 is 2.83 bits per heavy atom. The zero-order chi connectivity index (χ0) is 20.2. The molecule has 4 heterocycles. The van der Waals surface area contributed by atoms with Crippen molar-refractivity contribution in [2.45, 2.75) is 44.1 Å². The normalized spacial score (nSPS) is 23.8. The Balaban J connectivity index is 1.51. The van der Waals surface area contributed by atoms with Gasteiger partial charge in [0.2, 0.25) is 11.9 Å². The topological polar surface area (TPSA) is 97.5 Å². The molecule has 0 atom stereocenters. The van der Waals surface area contributed by atoms with Crippen LogP contribution >= 0.6 is 0 Å². The third-order valence-electron chi connectivity index (χ3n) is 6.29. The van der Waals surface area contributed by atoms with E-state index in [4.69, 9.17) is 9.72 Å². The number of ether oxygens (including phenoxy) is 1. The molecule has 5 rings (SSSR count). The zero-order valence-electron chi connectivity index (χ0n) is 16.7. The van der Waals surface area contributed by atoms with Crippen molar-refractivity contribution in [2.24, 2.45) is 0 Å². The van der Waals surface area contributed by atoms with Gasteiger partial charge in [0.1, 0.15) is 6.33 Å². The second-order valence-electron chi connectivity index (χ2n) is 7.87. The van der Waals surface area contributed by atoms with Crippen LogP contribution in [0.15, 0.2) is 24.8 Å². The number of methoxy groups -OCH3 is 1. The van der Waals surface area contributed by atoms with Gasteiger partial charge in [0.25, 0.3) is 0 Å². The highest BCUT2D eigenvalue weighted by atomic mass is 16.5. The Morgan fingerprint density at radius 2 is 2.07 bits per heavy atom. The highest BCUT2D eigenvalue weighted by molar-refractivity contribution is 6.07. The lowest BCUT2D eigenvalue weighted by Crippen LogP contribution is -2.43. The van der Waals surface area contributed by atoms with E-state index >= 15 is 0 Å². The number of hydrogen-bond donors (Lipinski definition) is 1. The van der Waals surface area contributed by atoms with Gasteiger partial charge in [-0.2, -0.15) is 5.10 Å². The Kier molecular flexibility index (Phi) is 4.02.